The number of rotatable bonds is 8. The van der Waals surface area contributed by atoms with Gasteiger partial charge >= 0.3 is 5.97 Å². The Morgan fingerprint density at radius 3 is 2.46 bits per heavy atom. The van der Waals surface area contributed by atoms with Gasteiger partial charge < -0.3 is 9.30 Å². The minimum absolute atomic E-state index is 0.107. The van der Waals surface area contributed by atoms with Gasteiger partial charge in [0.05, 0.1) is 13.0 Å². The molecule has 1 aromatic heterocycles. The lowest BCUT2D eigenvalue weighted by molar-refractivity contribution is -0.154. The Hall–Kier alpha value is -3.47. The molecule has 3 rings (SSSR count). The summed E-state index contributed by atoms with van der Waals surface area (Å²) in [7, 11) is 0. The second-order valence-corrected chi connectivity index (χ2v) is 6.34. The maximum atomic E-state index is 12.0. The van der Waals surface area contributed by atoms with Crippen LogP contribution in [0.1, 0.15) is 24.5 Å². The highest BCUT2D eigenvalue weighted by molar-refractivity contribution is 6.37. The molecule has 0 atom stereocenters. The van der Waals surface area contributed by atoms with Crippen LogP contribution in [0.25, 0.3) is 17.0 Å². The lowest BCUT2D eigenvalue weighted by atomic mass is 10.1. The number of para-hydroxylation sites is 1. The highest BCUT2D eigenvalue weighted by Crippen LogP contribution is 2.23. The molecule has 2 aromatic carbocycles. The number of ketones is 2. The lowest BCUT2D eigenvalue weighted by Crippen LogP contribution is -2.19. The maximum absolute atomic E-state index is 12.0. The highest BCUT2D eigenvalue weighted by Gasteiger charge is 2.17. The number of carbonyl (C=O) groups is 3. The number of carbonyl (C=O) groups excluding carboxylic acids is 3. The summed E-state index contributed by atoms with van der Waals surface area (Å²) in [5.41, 5.74) is 3.11. The number of Topliss-reactive ketones (excluding diaryl/α,β-unsaturated/α-hetero) is 1. The van der Waals surface area contributed by atoms with E-state index in [0.717, 1.165) is 16.5 Å². The molecule has 0 spiro atoms. The fourth-order valence-corrected chi connectivity index (χ4v) is 3.00. The molecule has 1 heterocycles. The molecular formula is C23H21NO4. The van der Waals surface area contributed by atoms with E-state index in [2.05, 4.69) is 21.4 Å². The molecule has 0 aliphatic heterocycles. The van der Waals surface area contributed by atoms with E-state index in [9.17, 15) is 14.4 Å². The molecule has 0 aliphatic rings. The van der Waals surface area contributed by atoms with E-state index in [-0.39, 0.29) is 6.61 Å². The Morgan fingerprint density at radius 1 is 1.00 bits per heavy atom. The van der Waals surface area contributed by atoms with Gasteiger partial charge in [-0.05, 0) is 30.7 Å². The standard InChI is InChI=1S/C23H21NO4/c1-2-28-23(27)22(26)14-19(25)13-12-18-16-24(15-17-8-4-3-5-9-17)21-11-7-6-10-20(18)21/h3-13,16H,2,14-15H2,1H3/b13-12+. The molecular weight excluding hydrogens is 354 g/mol. The molecule has 0 N–H and O–H groups in total. The SMILES string of the molecule is CCOC(=O)C(=O)CC(=O)/C=C/c1cn(Cc2ccccc2)c2ccccc12. The molecule has 0 unspecified atom stereocenters. The van der Waals surface area contributed by atoms with Crippen LogP contribution in [-0.2, 0) is 25.7 Å². The molecule has 28 heavy (non-hydrogen) atoms. The smallest absolute Gasteiger partial charge is 0.375 e. The molecule has 0 amide bonds. The van der Waals surface area contributed by atoms with Crippen LogP contribution in [0.4, 0.5) is 0 Å². The van der Waals surface area contributed by atoms with E-state index in [4.69, 9.17) is 0 Å². The molecule has 0 radical (unpaired) electrons. The van der Waals surface area contributed by atoms with Crippen molar-refractivity contribution in [2.24, 2.45) is 0 Å². The van der Waals surface area contributed by atoms with Crippen LogP contribution < -0.4 is 0 Å². The first-order chi connectivity index (χ1) is 13.6. The molecule has 5 nitrogen and oxygen atoms in total. The molecule has 0 saturated carbocycles. The van der Waals surface area contributed by atoms with Crippen molar-refractivity contribution in [1.29, 1.82) is 0 Å². The average molecular weight is 375 g/mol. The van der Waals surface area contributed by atoms with Crippen LogP contribution in [0.2, 0.25) is 0 Å². The summed E-state index contributed by atoms with van der Waals surface area (Å²) in [6.07, 6.45) is 4.52. The van der Waals surface area contributed by atoms with E-state index < -0.39 is 24.0 Å². The van der Waals surface area contributed by atoms with Crippen LogP contribution in [-0.4, -0.2) is 28.7 Å². The van der Waals surface area contributed by atoms with Gasteiger partial charge in [-0.1, -0.05) is 48.5 Å². The summed E-state index contributed by atoms with van der Waals surface area (Å²) in [5, 5.41) is 1.01. The second-order valence-electron chi connectivity index (χ2n) is 6.34. The van der Waals surface area contributed by atoms with E-state index in [1.54, 1.807) is 13.0 Å². The first-order valence-corrected chi connectivity index (χ1v) is 9.11. The van der Waals surface area contributed by atoms with Crippen LogP contribution >= 0.6 is 0 Å². The number of esters is 1. The third-order valence-electron chi connectivity index (χ3n) is 4.30. The van der Waals surface area contributed by atoms with Crippen molar-refractivity contribution in [3.63, 3.8) is 0 Å². The van der Waals surface area contributed by atoms with Crippen molar-refractivity contribution in [1.82, 2.24) is 4.57 Å². The number of hydrogen-bond donors (Lipinski definition) is 0. The molecule has 5 heteroatoms. The van der Waals surface area contributed by atoms with Crippen LogP contribution in [0.3, 0.4) is 0 Å². The van der Waals surface area contributed by atoms with Crippen LogP contribution in [0.15, 0.2) is 66.9 Å². The first kappa shape index (κ1) is 19.3. The van der Waals surface area contributed by atoms with E-state index >= 15 is 0 Å². The van der Waals surface area contributed by atoms with Gasteiger partial charge in [0.25, 0.3) is 0 Å². The molecule has 0 saturated heterocycles. The van der Waals surface area contributed by atoms with Crippen LogP contribution in [0.5, 0.6) is 0 Å². The zero-order valence-corrected chi connectivity index (χ0v) is 15.6. The number of hydrogen-bond acceptors (Lipinski definition) is 4. The van der Waals surface area contributed by atoms with Gasteiger partial charge in [-0.2, -0.15) is 0 Å². The predicted octanol–water partition coefficient (Wildman–Crippen LogP) is 3.79. The number of benzene rings is 2. The summed E-state index contributed by atoms with van der Waals surface area (Å²) in [6.45, 7) is 2.43. The summed E-state index contributed by atoms with van der Waals surface area (Å²) in [6, 6.07) is 18.0. The monoisotopic (exact) mass is 375 g/mol. The third kappa shape index (κ3) is 4.62. The van der Waals surface area contributed by atoms with Gasteiger partial charge in [0, 0.05) is 29.2 Å². The van der Waals surface area contributed by atoms with Crippen molar-refractivity contribution in [2.45, 2.75) is 19.9 Å². The zero-order chi connectivity index (χ0) is 19.9. The van der Waals surface area contributed by atoms with Gasteiger partial charge in [0.1, 0.15) is 0 Å². The van der Waals surface area contributed by atoms with Gasteiger partial charge in [0.15, 0.2) is 5.78 Å². The Balaban J connectivity index is 1.79. The summed E-state index contributed by atoms with van der Waals surface area (Å²) < 4.78 is 6.74. The summed E-state index contributed by atoms with van der Waals surface area (Å²) in [4.78, 5) is 35.0. The number of allylic oxidation sites excluding steroid dienone is 1. The quantitative estimate of drug-likeness (QED) is 0.260. The van der Waals surface area contributed by atoms with Crippen molar-refractivity contribution in [3.8, 4) is 0 Å². The van der Waals surface area contributed by atoms with E-state index in [0.29, 0.717) is 6.54 Å². The minimum atomic E-state index is -0.969. The average Bonchev–Trinajstić information content (AvgIpc) is 3.05. The second kappa shape index (κ2) is 8.95. The third-order valence-corrected chi connectivity index (χ3v) is 4.30. The molecule has 0 aliphatic carbocycles. The summed E-state index contributed by atoms with van der Waals surface area (Å²) in [5.74, 6) is -2.23. The Kier molecular flexibility index (Phi) is 6.17. The fourth-order valence-electron chi connectivity index (χ4n) is 3.00. The Labute approximate surface area is 163 Å². The fraction of sp³-hybridized carbons (Fsp3) is 0.174. The number of nitrogens with zero attached hydrogens (tertiary/aromatic N) is 1. The van der Waals surface area contributed by atoms with Crippen molar-refractivity contribution < 1.29 is 19.1 Å². The van der Waals surface area contributed by atoms with Crippen molar-refractivity contribution in [2.75, 3.05) is 6.61 Å². The Morgan fingerprint density at radius 2 is 1.71 bits per heavy atom. The van der Waals surface area contributed by atoms with Crippen molar-refractivity contribution >= 4 is 34.5 Å². The zero-order valence-electron chi connectivity index (χ0n) is 15.6. The van der Waals surface area contributed by atoms with Gasteiger partial charge in [-0.3, -0.25) is 9.59 Å². The molecule has 0 fully saturated rings. The van der Waals surface area contributed by atoms with Gasteiger partial charge in [-0.25, -0.2) is 4.79 Å². The minimum Gasteiger partial charge on any atom is -0.460 e. The summed E-state index contributed by atoms with van der Waals surface area (Å²) >= 11 is 0. The normalized spacial score (nSPS) is 11.0. The molecule has 142 valence electrons. The largest absolute Gasteiger partial charge is 0.460 e. The van der Waals surface area contributed by atoms with Crippen molar-refractivity contribution in [3.05, 3.63) is 78.0 Å². The maximum Gasteiger partial charge on any atom is 0.375 e. The topological polar surface area (TPSA) is 65.4 Å². The van der Waals surface area contributed by atoms with E-state index in [1.165, 1.54) is 11.6 Å². The van der Waals surface area contributed by atoms with E-state index in [1.807, 2.05) is 48.7 Å². The van der Waals surface area contributed by atoms with Crippen LogP contribution in [0, 0.1) is 0 Å². The number of aromatic nitrogens is 1. The predicted molar refractivity (Wildman–Crippen MR) is 108 cm³/mol. The first-order valence-electron chi connectivity index (χ1n) is 9.11. The number of fused-ring (bicyclic) bond motifs is 1. The lowest BCUT2D eigenvalue weighted by Gasteiger charge is -2.05. The van der Waals surface area contributed by atoms with Gasteiger partial charge in [-0.15, -0.1) is 0 Å². The Bertz CT molecular complexity index is 1030. The van der Waals surface area contributed by atoms with Gasteiger partial charge in [0.2, 0.25) is 5.78 Å². The number of ether oxygens (including phenoxy) is 1. The highest BCUT2D eigenvalue weighted by atomic mass is 16.5. The molecule has 3 aromatic rings. The molecule has 0 bridgehead atoms.